The van der Waals surface area contributed by atoms with Gasteiger partial charge in [0.1, 0.15) is 0 Å². The molecule has 0 amide bonds. The van der Waals surface area contributed by atoms with Gasteiger partial charge in [-0.05, 0) is 31.9 Å². The molecule has 5 heteroatoms. The molecular formula is C17H29N3O2. The summed E-state index contributed by atoms with van der Waals surface area (Å²) in [5.74, 6) is 0.760. The number of nitrogens with zero attached hydrogens (tertiary/aromatic N) is 1. The second-order valence-electron chi connectivity index (χ2n) is 5.65. The zero-order chi connectivity index (χ0) is 16.4. The fourth-order valence-electron chi connectivity index (χ4n) is 1.85. The van der Waals surface area contributed by atoms with Crippen molar-refractivity contribution in [2.75, 3.05) is 27.3 Å². The van der Waals surface area contributed by atoms with Crippen LogP contribution in [0.5, 0.6) is 0 Å². The lowest BCUT2D eigenvalue weighted by Crippen LogP contribution is -2.45. The number of methoxy groups -OCH3 is 1. The largest absolute Gasteiger partial charge is 0.377 e. The lowest BCUT2D eigenvalue weighted by atomic mass is 10.1. The highest BCUT2D eigenvalue weighted by Crippen LogP contribution is 2.10. The third-order valence-electron chi connectivity index (χ3n) is 3.48. The van der Waals surface area contributed by atoms with Crippen molar-refractivity contribution in [2.24, 2.45) is 4.99 Å². The topological polar surface area (TPSA) is 54.9 Å². The van der Waals surface area contributed by atoms with Crippen LogP contribution in [0, 0.1) is 0 Å². The molecule has 0 saturated heterocycles. The standard InChI is InChI=1S/C17H29N3O2/c1-6-22-12-15-10-8-7-9-14(15)11-19-16(18-4)20-13-17(2,3)21-5/h7-10H,6,11-13H2,1-5H3,(H2,18,19,20). The van der Waals surface area contributed by atoms with E-state index in [9.17, 15) is 0 Å². The number of ether oxygens (including phenoxy) is 2. The second kappa shape index (κ2) is 9.43. The average molecular weight is 307 g/mol. The fourth-order valence-corrected chi connectivity index (χ4v) is 1.85. The molecule has 0 aliphatic carbocycles. The van der Waals surface area contributed by atoms with Gasteiger partial charge in [0.25, 0.3) is 0 Å². The van der Waals surface area contributed by atoms with E-state index in [1.807, 2.05) is 32.9 Å². The Kier molecular flexibility index (Phi) is 7.91. The Balaban J connectivity index is 2.56. The Morgan fingerprint density at radius 2 is 1.86 bits per heavy atom. The predicted octanol–water partition coefficient (Wildman–Crippen LogP) is 2.31. The molecule has 2 N–H and O–H groups in total. The molecule has 1 aromatic carbocycles. The zero-order valence-electron chi connectivity index (χ0n) is 14.4. The highest BCUT2D eigenvalue weighted by atomic mass is 16.5. The first-order valence-corrected chi connectivity index (χ1v) is 7.66. The van der Waals surface area contributed by atoms with Gasteiger partial charge in [-0.3, -0.25) is 4.99 Å². The minimum atomic E-state index is -0.232. The fraction of sp³-hybridized carbons (Fsp3) is 0.588. The molecule has 0 saturated carbocycles. The van der Waals surface area contributed by atoms with Crippen LogP contribution in [0.25, 0.3) is 0 Å². The molecule has 22 heavy (non-hydrogen) atoms. The van der Waals surface area contributed by atoms with Gasteiger partial charge in [0, 0.05) is 33.9 Å². The van der Waals surface area contributed by atoms with Crippen LogP contribution in [0.2, 0.25) is 0 Å². The molecule has 0 aliphatic rings. The van der Waals surface area contributed by atoms with Gasteiger partial charge in [-0.15, -0.1) is 0 Å². The van der Waals surface area contributed by atoms with Crippen LogP contribution in [0.4, 0.5) is 0 Å². The van der Waals surface area contributed by atoms with Crippen molar-refractivity contribution in [1.29, 1.82) is 0 Å². The molecule has 5 nitrogen and oxygen atoms in total. The average Bonchev–Trinajstić information content (AvgIpc) is 2.54. The Labute approximate surface area is 134 Å². The van der Waals surface area contributed by atoms with Gasteiger partial charge in [-0.2, -0.15) is 0 Å². The first-order chi connectivity index (χ1) is 10.5. The van der Waals surface area contributed by atoms with E-state index in [1.54, 1.807) is 14.2 Å². The number of guanidine groups is 1. The number of rotatable bonds is 8. The minimum Gasteiger partial charge on any atom is -0.377 e. The van der Waals surface area contributed by atoms with Crippen molar-refractivity contribution in [3.05, 3.63) is 35.4 Å². The van der Waals surface area contributed by atoms with Crippen LogP contribution < -0.4 is 10.6 Å². The van der Waals surface area contributed by atoms with Crippen molar-refractivity contribution >= 4 is 5.96 Å². The van der Waals surface area contributed by atoms with Gasteiger partial charge in [0.05, 0.1) is 12.2 Å². The maximum Gasteiger partial charge on any atom is 0.191 e. The van der Waals surface area contributed by atoms with Gasteiger partial charge >= 0.3 is 0 Å². The molecule has 0 aromatic heterocycles. The molecule has 0 fully saturated rings. The summed E-state index contributed by atoms with van der Waals surface area (Å²) in [6.07, 6.45) is 0. The Morgan fingerprint density at radius 3 is 2.45 bits per heavy atom. The maximum absolute atomic E-state index is 5.51. The smallest absolute Gasteiger partial charge is 0.191 e. The van der Waals surface area contributed by atoms with Crippen LogP contribution in [-0.4, -0.2) is 38.9 Å². The summed E-state index contributed by atoms with van der Waals surface area (Å²) in [6.45, 7) is 8.81. The lowest BCUT2D eigenvalue weighted by Gasteiger charge is -2.24. The van der Waals surface area contributed by atoms with Crippen molar-refractivity contribution in [3.63, 3.8) is 0 Å². The monoisotopic (exact) mass is 307 g/mol. The quantitative estimate of drug-likeness (QED) is 0.572. The van der Waals surface area contributed by atoms with Crippen LogP contribution in [0.15, 0.2) is 29.3 Å². The first kappa shape index (κ1) is 18.5. The lowest BCUT2D eigenvalue weighted by molar-refractivity contribution is 0.0268. The molecule has 1 aromatic rings. The molecule has 124 valence electrons. The number of hydrogen-bond acceptors (Lipinski definition) is 3. The van der Waals surface area contributed by atoms with Crippen LogP contribution >= 0.6 is 0 Å². The van der Waals surface area contributed by atoms with E-state index >= 15 is 0 Å². The zero-order valence-corrected chi connectivity index (χ0v) is 14.4. The van der Waals surface area contributed by atoms with Crippen molar-refractivity contribution in [3.8, 4) is 0 Å². The highest BCUT2D eigenvalue weighted by molar-refractivity contribution is 5.79. The SMILES string of the molecule is CCOCc1ccccc1CNC(=NC)NCC(C)(C)OC. The predicted molar refractivity (Wildman–Crippen MR) is 91.1 cm³/mol. The van der Waals surface area contributed by atoms with Gasteiger partial charge in [0.15, 0.2) is 5.96 Å². The molecule has 0 atom stereocenters. The summed E-state index contributed by atoms with van der Waals surface area (Å²) >= 11 is 0. The molecule has 1 rings (SSSR count). The van der Waals surface area contributed by atoms with Crippen LogP contribution in [0.1, 0.15) is 31.9 Å². The summed E-state index contributed by atoms with van der Waals surface area (Å²) in [4.78, 5) is 4.24. The van der Waals surface area contributed by atoms with Gasteiger partial charge < -0.3 is 20.1 Å². The first-order valence-electron chi connectivity index (χ1n) is 7.66. The molecule has 0 unspecified atom stereocenters. The van der Waals surface area contributed by atoms with Crippen molar-refractivity contribution < 1.29 is 9.47 Å². The van der Waals surface area contributed by atoms with E-state index in [-0.39, 0.29) is 5.60 Å². The summed E-state index contributed by atoms with van der Waals surface area (Å²) < 4.78 is 10.9. The van der Waals surface area contributed by atoms with Gasteiger partial charge in [0.2, 0.25) is 0 Å². The Bertz CT molecular complexity index is 473. The van der Waals surface area contributed by atoms with Gasteiger partial charge in [-0.25, -0.2) is 0 Å². The number of benzene rings is 1. The number of nitrogens with one attached hydrogen (secondary N) is 2. The molecule has 0 heterocycles. The van der Waals surface area contributed by atoms with Crippen LogP contribution in [-0.2, 0) is 22.6 Å². The summed E-state index contributed by atoms with van der Waals surface area (Å²) in [5, 5.41) is 6.60. The van der Waals surface area contributed by atoms with E-state index in [4.69, 9.17) is 9.47 Å². The van der Waals surface area contributed by atoms with Crippen molar-refractivity contribution in [1.82, 2.24) is 10.6 Å². The third-order valence-corrected chi connectivity index (χ3v) is 3.48. The van der Waals surface area contributed by atoms with Gasteiger partial charge in [-0.1, -0.05) is 24.3 Å². The number of hydrogen-bond donors (Lipinski definition) is 2. The Hall–Kier alpha value is -1.59. The van der Waals surface area contributed by atoms with Crippen LogP contribution in [0.3, 0.4) is 0 Å². The van der Waals surface area contributed by atoms with E-state index in [1.165, 1.54) is 11.1 Å². The second-order valence-corrected chi connectivity index (χ2v) is 5.65. The minimum absolute atomic E-state index is 0.232. The Morgan fingerprint density at radius 1 is 1.18 bits per heavy atom. The normalized spacial score (nSPS) is 12.3. The van der Waals surface area contributed by atoms with E-state index < -0.39 is 0 Å². The molecule has 0 bridgehead atoms. The number of aliphatic imine (C=N–C) groups is 1. The van der Waals surface area contributed by atoms with E-state index in [0.717, 1.165) is 12.6 Å². The molecular weight excluding hydrogens is 278 g/mol. The summed E-state index contributed by atoms with van der Waals surface area (Å²) in [6, 6.07) is 8.27. The highest BCUT2D eigenvalue weighted by Gasteiger charge is 2.16. The summed E-state index contributed by atoms with van der Waals surface area (Å²) in [7, 11) is 3.48. The van der Waals surface area contributed by atoms with E-state index in [2.05, 4.69) is 27.8 Å². The third kappa shape index (κ3) is 6.45. The van der Waals surface area contributed by atoms with Crippen molar-refractivity contribution in [2.45, 2.75) is 39.5 Å². The summed E-state index contributed by atoms with van der Waals surface area (Å²) in [5.41, 5.74) is 2.18. The maximum atomic E-state index is 5.51. The molecule has 0 radical (unpaired) electrons. The molecule has 0 aliphatic heterocycles. The van der Waals surface area contributed by atoms with E-state index in [0.29, 0.717) is 19.7 Å². The molecule has 0 spiro atoms.